The summed E-state index contributed by atoms with van der Waals surface area (Å²) in [4.78, 5) is 17.5. The molecule has 0 saturated carbocycles. The van der Waals surface area contributed by atoms with E-state index in [0.717, 1.165) is 54.9 Å². The van der Waals surface area contributed by atoms with E-state index in [1.807, 2.05) is 42.9 Å². The van der Waals surface area contributed by atoms with Gasteiger partial charge in [-0.05, 0) is 41.3 Å². The second-order valence-electron chi connectivity index (χ2n) is 6.74. The number of fused-ring (bicyclic) bond motifs is 2. The van der Waals surface area contributed by atoms with Crippen LogP contribution >= 0.6 is 11.3 Å². The van der Waals surface area contributed by atoms with Crippen LogP contribution in [0.1, 0.15) is 0 Å². The highest BCUT2D eigenvalue weighted by Gasteiger charge is 2.15. The lowest BCUT2D eigenvalue weighted by atomic mass is 10.0. The van der Waals surface area contributed by atoms with E-state index in [9.17, 15) is 0 Å². The van der Waals surface area contributed by atoms with Gasteiger partial charge in [-0.1, -0.05) is 12.1 Å². The number of hydrogen-bond donors (Lipinski definition) is 2. The number of nitrogens with one attached hydrogen (secondary N) is 2. The van der Waals surface area contributed by atoms with Crippen LogP contribution in [0.3, 0.4) is 0 Å². The smallest absolute Gasteiger partial charge is 0.116 e. The third kappa shape index (κ3) is 2.63. The van der Waals surface area contributed by atoms with Crippen molar-refractivity contribution in [2.75, 3.05) is 0 Å². The first kappa shape index (κ1) is 16.1. The van der Waals surface area contributed by atoms with Gasteiger partial charge in [0.25, 0.3) is 0 Å². The summed E-state index contributed by atoms with van der Waals surface area (Å²) >= 11 is 1.69. The fourth-order valence-electron chi connectivity index (χ4n) is 3.64. The van der Waals surface area contributed by atoms with Crippen LogP contribution < -0.4 is 0 Å². The highest BCUT2D eigenvalue weighted by Crippen LogP contribution is 2.35. The first-order valence-corrected chi connectivity index (χ1v) is 10.0. The van der Waals surface area contributed by atoms with Gasteiger partial charge >= 0.3 is 0 Å². The van der Waals surface area contributed by atoms with Crippen molar-refractivity contribution in [1.29, 1.82) is 0 Å². The zero-order valence-corrected chi connectivity index (χ0v) is 15.9. The lowest BCUT2D eigenvalue weighted by Gasteiger charge is -2.01. The molecule has 5 heterocycles. The molecule has 0 aliphatic heterocycles. The van der Waals surface area contributed by atoms with Gasteiger partial charge in [0.1, 0.15) is 12.0 Å². The first-order valence-electron chi connectivity index (χ1n) is 9.12. The molecule has 29 heavy (non-hydrogen) atoms. The molecule has 0 aliphatic carbocycles. The highest BCUT2D eigenvalue weighted by atomic mass is 32.1. The van der Waals surface area contributed by atoms with Crippen LogP contribution in [-0.4, -0.2) is 30.1 Å². The monoisotopic (exact) mass is 394 g/mol. The van der Waals surface area contributed by atoms with Crippen molar-refractivity contribution in [3.05, 3.63) is 72.8 Å². The lowest BCUT2D eigenvalue weighted by molar-refractivity contribution is 1.12. The molecule has 6 nitrogen and oxygen atoms in total. The molecule has 6 aromatic rings. The normalized spacial score (nSPS) is 11.4. The molecule has 0 saturated heterocycles. The zero-order chi connectivity index (χ0) is 19.2. The number of hydrogen-bond acceptors (Lipinski definition) is 5. The van der Waals surface area contributed by atoms with Gasteiger partial charge in [0, 0.05) is 40.4 Å². The average Bonchev–Trinajstić information content (AvgIpc) is 3.52. The Balaban J connectivity index is 1.53. The second-order valence-corrected chi connectivity index (χ2v) is 7.69. The second kappa shape index (κ2) is 6.35. The molecule has 0 aliphatic rings. The zero-order valence-electron chi connectivity index (χ0n) is 15.1. The number of thiophene rings is 1. The van der Waals surface area contributed by atoms with Crippen LogP contribution in [0.2, 0.25) is 0 Å². The summed E-state index contributed by atoms with van der Waals surface area (Å²) in [5.41, 5.74) is 6.88. The van der Waals surface area contributed by atoms with E-state index in [1.54, 1.807) is 11.3 Å². The minimum Gasteiger partial charge on any atom is -0.353 e. The Morgan fingerprint density at radius 1 is 0.828 bits per heavy atom. The molecule has 1 aromatic carbocycles. The summed E-state index contributed by atoms with van der Waals surface area (Å²) in [7, 11) is 0. The van der Waals surface area contributed by atoms with E-state index < -0.39 is 0 Å². The number of rotatable bonds is 3. The summed E-state index contributed by atoms with van der Waals surface area (Å²) in [6.45, 7) is 0. The summed E-state index contributed by atoms with van der Waals surface area (Å²) in [6, 6.07) is 14.5. The van der Waals surface area contributed by atoms with Crippen LogP contribution in [0, 0.1) is 0 Å². The van der Waals surface area contributed by atoms with E-state index >= 15 is 0 Å². The largest absolute Gasteiger partial charge is 0.353 e. The van der Waals surface area contributed by atoms with Gasteiger partial charge < -0.3 is 4.98 Å². The number of aromatic nitrogens is 6. The van der Waals surface area contributed by atoms with Gasteiger partial charge in [-0.25, -0.2) is 9.97 Å². The lowest BCUT2D eigenvalue weighted by Crippen LogP contribution is -1.83. The van der Waals surface area contributed by atoms with E-state index in [2.05, 4.69) is 53.7 Å². The van der Waals surface area contributed by atoms with Gasteiger partial charge in [-0.15, -0.1) is 11.3 Å². The SMILES string of the molecule is c1csc(-c2nccc3[nH]c(-c4n[nH]c5ccc(-c6cncnc6)cc45)cc23)c1. The Hall–Kier alpha value is -3.84. The molecular formula is C22H14N6S. The predicted molar refractivity (Wildman–Crippen MR) is 116 cm³/mol. The van der Waals surface area contributed by atoms with Gasteiger partial charge in [-0.2, -0.15) is 5.10 Å². The maximum absolute atomic E-state index is 4.61. The Morgan fingerprint density at radius 3 is 2.59 bits per heavy atom. The predicted octanol–water partition coefficient (Wildman–Crippen LogP) is 5.29. The topological polar surface area (TPSA) is 83.1 Å². The molecule has 0 fully saturated rings. The molecule has 7 heteroatoms. The molecule has 0 bridgehead atoms. The van der Waals surface area contributed by atoms with Gasteiger partial charge in [0.15, 0.2) is 0 Å². The van der Waals surface area contributed by atoms with Gasteiger partial charge in [0.2, 0.25) is 0 Å². The van der Waals surface area contributed by atoms with Crippen molar-refractivity contribution in [3.63, 3.8) is 0 Å². The highest BCUT2D eigenvalue weighted by molar-refractivity contribution is 7.13. The maximum atomic E-state index is 4.61. The minimum absolute atomic E-state index is 0.882. The number of aromatic amines is 2. The van der Waals surface area contributed by atoms with E-state index in [1.165, 1.54) is 6.33 Å². The Bertz CT molecular complexity index is 1450. The van der Waals surface area contributed by atoms with Crippen molar-refractivity contribution in [3.8, 4) is 33.1 Å². The molecule has 5 aromatic heterocycles. The van der Waals surface area contributed by atoms with E-state index in [4.69, 9.17) is 0 Å². The van der Waals surface area contributed by atoms with Crippen LogP contribution in [0.15, 0.2) is 72.8 Å². The summed E-state index contributed by atoms with van der Waals surface area (Å²) < 4.78 is 0. The third-order valence-electron chi connectivity index (χ3n) is 5.01. The van der Waals surface area contributed by atoms with Crippen molar-refractivity contribution >= 4 is 33.1 Å². The number of pyridine rings is 1. The van der Waals surface area contributed by atoms with Crippen LogP contribution in [-0.2, 0) is 0 Å². The molecule has 2 N–H and O–H groups in total. The summed E-state index contributed by atoms with van der Waals surface area (Å²) in [5, 5.41) is 11.9. The van der Waals surface area contributed by atoms with Gasteiger partial charge in [0.05, 0.1) is 21.8 Å². The molecule has 0 unspecified atom stereocenters. The van der Waals surface area contributed by atoms with E-state index in [-0.39, 0.29) is 0 Å². The van der Waals surface area contributed by atoms with E-state index in [0.29, 0.717) is 0 Å². The van der Waals surface area contributed by atoms with Crippen LogP contribution in [0.5, 0.6) is 0 Å². The molecule has 138 valence electrons. The summed E-state index contributed by atoms with van der Waals surface area (Å²) in [6.07, 6.45) is 7.01. The Morgan fingerprint density at radius 2 is 1.72 bits per heavy atom. The number of H-pyrrole nitrogens is 2. The average molecular weight is 394 g/mol. The van der Waals surface area contributed by atoms with Crippen molar-refractivity contribution in [2.45, 2.75) is 0 Å². The van der Waals surface area contributed by atoms with Crippen molar-refractivity contribution in [2.24, 2.45) is 0 Å². The molecule has 0 amide bonds. The molecule has 0 atom stereocenters. The van der Waals surface area contributed by atoms with Crippen molar-refractivity contribution < 1.29 is 0 Å². The minimum atomic E-state index is 0.882. The fourth-order valence-corrected chi connectivity index (χ4v) is 4.37. The fraction of sp³-hybridized carbons (Fsp3) is 0. The maximum Gasteiger partial charge on any atom is 0.116 e. The third-order valence-corrected chi connectivity index (χ3v) is 5.89. The molecule has 6 rings (SSSR count). The Kier molecular flexibility index (Phi) is 3.54. The van der Waals surface area contributed by atoms with Gasteiger partial charge in [-0.3, -0.25) is 10.1 Å². The van der Waals surface area contributed by atoms with Crippen molar-refractivity contribution in [1.82, 2.24) is 30.1 Å². The quantitative estimate of drug-likeness (QED) is 0.427. The van der Waals surface area contributed by atoms with Crippen LogP contribution in [0.25, 0.3) is 54.9 Å². The standard InChI is InChI=1S/C22H14N6S/c1-2-20(29-7-1)22-16-9-19(26-17(16)5-6-25-22)21-15-8-13(3-4-18(15)27-28-21)14-10-23-12-24-11-14/h1-12,26H,(H,27,28). The molecular weight excluding hydrogens is 380 g/mol. The van der Waals surface area contributed by atoms with Crippen LogP contribution in [0.4, 0.5) is 0 Å². The first-order chi connectivity index (χ1) is 14.4. The molecule has 0 spiro atoms. The Labute approximate surface area is 169 Å². The number of benzene rings is 1. The summed E-state index contributed by atoms with van der Waals surface area (Å²) in [5.74, 6) is 0. The number of nitrogens with zero attached hydrogens (tertiary/aromatic N) is 4. The molecule has 0 radical (unpaired) electrons.